The summed E-state index contributed by atoms with van der Waals surface area (Å²) in [6.45, 7) is 2.19. The molecule has 1 heterocycles. The van der Waals surface area contributed by atoms with Gasteiger partial charge in [-0.1, -0.05) is 0 Å². The molecule has 0 aromatic carbocycles. The quantitative estimate of drug-likeness (QED) is 0.524. The molecule has 1 unspecified atom stereocenters. The molecule has 6 nitrogen and oxygen atoms in total. The first-order valence-corrected chi connectivity index (χ1v) is 5.54. The summed E-state index contributed by atoms with van der Waals surface area (Å²) in [6.07, 6.45) is 2.30. The summed E-state index contributed by atoms with van der Waals surface area (Å²) >= 11 is 0. The molecule has 1 rings (SSSR count). The lowest BCUT2D eigenvalue weighted by Gasteiger charge is -2.32. The number of piperidine rings is 1. The minimum atomic E-state index is -0.604. The van der Waals surface area contributed by atoms with Crippen LogP contribution in [0.15, 0.2) is 0 Å². The lowest BCUT2D eigenvalue weighted by atomic mass is 9.93. The fraction of sp³-hybridized carbons (Fsp3) is 0.800. The number of rotatable bonds is 5. The molecule has 1 aliphatic heterocycles. The van der Waals surface area contributed by atoms with Crippen molar-refractivity contribution in [1.29, 1.82) is 0 Å². The summed E-state index contributed by atoms with van der Waals surface area (Å²) < 4.78 is 0. The molecule has 16 heavy (non-hydrogen) atoms. The van der Waals surface area contributed by atoms with E-state index in [-0.39, 0.29) is 5.91 Å². The van der Waals surface area contributed by atoms with Crippen molar-refractivity contribution in [3.8, 4) is 0 Å². The summed E-state index contributed by atoms with van der Waals surface area (Å²) in [6, 6.07) is -0.604. The van der Waals surface area contributed by atoms with Crippen molar-refractivity contribution in [3.05, 3.63) is 0 Å². The molecular weight excluding hydrogens is 208 g/mol. The van der Waals surface area contributed by atoms with Crippen molar-refractivity contribution in [2.24, 2.45) is 23.1 Å². The highest BCUT2D eigenvalue weighted by atomic mass is 16.1. The molecule has 1 aliphatic rings. The fourth-order valence-corrected chi connectivity index (χ4v) is 2.03. The second-order valence-electron chi connectivity index (χ2n) is 4.42. The van der Waals surface area contributed by atoms with E-state index in [9.17, 15) is 9.59 Å². The highest BCUT2D eigenvalue weighted by Gasteiger charge is 2.22. The van der Waals surface area contributed by atoms with Crippen LogP contribution >= 0.6 is 0 Å². The van der Waals surface area contributed by atoms with Gasteiger partial charge in [0.2, 0.25) is 11.8 Å². The highest BCUT2D eigenvalue weighted by molar-refractivity contribution is 5.79. The van der Waals surface area contributed by atoms with Crippen LogP contribution in [0.25, 0.3) is 0 Å². The molecule has 1 fully saturated rings. The number of amides is 2. The predicted molar refractivity (Wildman–Crippen MR) is 60.1 cm³/mol. The summed E-state index contributed by atoms with van der Waals surface area (Å²) in [5.74, 6) is -0.343. The lowest BCUT2D eigenvalue weighted by Crippen LogP contribution is -2.48. The van der Waals surface area contributed by atoms with E-state index in [2.05, 4.69) is 4.90 Å². The first-order valence-electron chi connectivity index (χ1n) is 5.54. The smallest absolute Gasteiger partial charge is 0.235 e. The van der Waals surface area contributed by atoms with Crippen LogP contribution in [0.2, 0.25) is 0 Å². The standard InChI is InChI=1S/C10H20N4O2/c11-8(10(13)16)6-14-3-1-7(2-4-14)5-9(12)15/h7-8H,1-6,11H2,(H2,12,15)(H2,13,16). The van der Waals surface area contributed by atoms with Crippen LogP contribution in [-0.4, -0.2) is 42.4 Å². The van der Waals surface area contributed by atoms with Crippen molar-refractivity contribution in [2.45, 2.75) is 25.3 Å². The molecule has 0 saturated carbocycles. The number of hydrogen-bond acceptors (Lipinski definition) is 4. The van der Waals surface area contributed by atoms with Crippen molar-refractivity contribution in [1.82, 2.24) is 4.90 Å². The minimum Gasteiger partial charge on any atom is -0.370 e. The van der Waals surface area contributed by atoms with Crippen LogP contribution in [0.5, 0.6) is 0 Å². The fourth-order valence-electron chi connectivity index (χ4n) is 2.03. The summed E-state index contributed by atoms with van der Waals surface area (Å²) in [4.78, 5) is 23.6. The minimum absolute atomic E-state index is 0.243. The second-order valence-corrected chi connectivity index (χ2v) is 4.42. The van der Waals surface area contributed by atoms with Crippen molar-refractivity contribution in [3.63, 3.8) is 0 Å². The van der Waals surface area contributed by atoms with E-state index in [0.717, 1.165) is 25.9 Å². The Morgan fingerprint density at radius 3 is 2.25 bits per heavy atom. The van der Waals surface area contributed by atoms with Gasteiger partial charge in [0, 0.05) is 13.0 Å². The Hall–Kier alpha value is -1.14. The van der Waals surface area contributed by atoms with Gasteiger partial charge in [0.05, 0.1) is 6.04 Å². The molecule has 0 spiro atoms. The van der Waals surface area contributed by atoms with Crippen molar-refractivity contribution in [2.75, 3.05) is 19.6 Å². The zero-order chi connectivity index (χ0) is 12.1. The van der Waals surface area contributed by atoms with Crippen LogP contribution < -0.4 is 17.2 Å². The van der Waals surface area contributed by atoms with Gasteiger partial charge in [-0.2, -0.15) is 0 Å². The van der Waals surface area contributed by atoms with Crippen molar-refractivity contribution >= 4 is 11.8 Å². The van der Waals surface area contributed by atoms with Gasteiger partial charge < -0.3 is 22.1 Å². The highest BCUT2D eigenvalue weighted by Crippen LogP contribution is 2.19. The Bertz CT molecular complexity index is 262. The first kappa shape index (κ1) is 12.9. The van der Waals surface area contributed by atoms with E-state index in [1.165, 1.54) is 0 Å². The Labute approximate surface area is 95.1 Å². The average Bonchev–Trinajstić information content (AvgIpc) is 2.20. The number of nitrogens with zero attached hydrogens (tertiary/aromatic N) is 1. The Morgan fingerprint density at radius 2 is 1.81 bits per heavy atom. The lowest BCUT2D eigenvalue weighted by molar-refractivity contribution is -0.119. The molecule has 6 heteroatoms. The molecule has 1 saturated heterocycles. The molecule has 0 aliphatic carbocycles. The maximum absolute atomic E-state index is 10.8. The summed E-state index contributed by atoms with van der Waals surface area (Å²) in [5.41, 5.74) is 15.8. The Balaban J connectivity index is 2.26. The van der Waals surface area contributed by atoms with Gasteiger partial charge in [0.25, 0.3) is 0 Å². The van der Waals surface area contributed by atoms with Crippen molar-refractivity contribution < 1.29 is 9.59 Å². The van der Waals surface area contributed by atoms with E-state index in [0.29, 0.717) is 18.9 Å². The number of carbonyl (C=O) groups excluding carboxylic acids is 2. The molecule has 92 valence electrons. The summed E-state index contributed by atoms with van der Waals surface area (Å²) in [7, 11) is 0. The number of carbonyl (C=O) groups is 2. The van der Waals surface area contributed by atoms with Gasteiger partial charge in [-0.25, -0.2) is 0 Å². The molecule has 2 amide bonds. The monoisotopic (exact) mass is 228 g/mol. The van der Waals surface area contributed by atoms with Crippen LogP contribution in [-0.2, 0) is 9.59 Å². The summed E-state index contributed by atoms with van der Waals surface area (Å²) in [5, 5.41) is 0. The molecule has 0 aromatic heterocycles. The number of likely N-dealkylation sites (tertiary alicyclic amines) is 1. The van der Waals surface area contributed by atoms with Crippen LogP contribution in [0.3, 0.4) is 0 Å². The predicted octanol–water partition coefficient (Wildman–Crippen LogP) is -1.61. The van der Waals surface area contributed by atoms with Gasteiger partial charge >= 0.3 is 0 Å². The van der Waals surface area contributed by atoms with Gasteiger partial charge in [0.15, 0.2) is 0 Å². The Kier molecular flexibility index (Phi) is 4.70. The molecule has 0 aromatic rings. The normalized spacial score (nSPS) is 20.6. The van der Waals surface area contributed by atoms with Gasteiger partial charge in [-0.15, -0.1) is 0 Å². The van der Waals surface area contributed by atoms with E-state index in [4.69, 9.17) is 17.2 Å². The molecule has 6 N–H and O–H groups in total. The first-order chi connectivity index (χ1) is 7.49. The topological polar surface area (TPSA) is 115 Å². The molecule has 1 atom stereocenters. The number of primary amides is 2. The van der Waals surface area contributed by atoms with E-state index >= 15 is 0 Å². The maximum Gasteiger partial charge on any atom is 0.235 e. The Morgan fingerprint density at radius 1 is 1.25 bits per heavy atom. The van der Waals surface area contributed by atoms with E-state index in [1.807, 2.05) is 0 Å². The zero-order valence-electron chi connectivity index (χ0n) is 9.39. The van der Waals surface area contributed by atoms with Crippen LogP contribution in [0.4, 0.5) is 0 Å². The second kappa shape index (κ2) is 5.81. The third-order valence-corrected chi connectivity index (χ3v) is 3.02. The number of nitrogens with two attached hydrogens (primary N) is 3. The molecule has 0 radical (unpaired) electrons. The van der Waals surface area contributed by atoms with E-state index < -0.39 is 11.9 Å². The zero-order valence-corrected chi connectivity index (χ0v) is 9.39. The van der Waals surface area contributed by atoms with Crippen LogP contribution in [0, 0.1) is 5.92 Å². The SMILES string of the molecule is NC(=O)CC1CCN(CC(N)C(N)=O)CC1. The molecular formula is C10H20N4O2. The van der Waals surface area contributed by atoms with Gasteiger partial charge in [0.1, 0.15) is 0 Å². The average molecular weight is 228 g/mol. The number of hydrogen-bond donors (Lipinski definition) is 3. The van der Waals surface area contributed by atoms with Gasteiger partial charge in [-0.3, -0.25) is 9.59 Å². The van der Waals surface area contributed by atoms with E-state index in [1.54, 1.807) is 0 Å². The third kappa shape index (κ3) is 4.16. The maximum atomic E-state index is 10.8. The largest absolute Gasteiger partial charge is 0.370 e. The van der Waals surface area contributed by atoms with Crippen LogP contribution in [0.1, 0.15) is 19.3 Å². The third-order valence-electron chi connectivity index (χ3n) is 3.02. The van der Waals surface area contributed by atoms with Gasteiger partial charge in [-0.05, 0) is 31.8 Å². The molecule has 0 bridgehead atoms.